The normalized spacial score (nSPS) is 25.7. The zero-order valence-electron chi connectivity index (χ0n) is 33.5. The Labute approximate surface area is 323 Å². The smallest absolute Gasteiger partial charge is 0.289 e. The highest BCUT2D eigenvalue weighted by Crippen LogP contribution is 2.66. The molecule has 54 heavy (non-hydrogen) atoms. The van der Waals surface area contributed by atoms with Gasteiger partial charge in [0.2, 0.25) is 33.5 Å². The predicted octanol–water partition coefficient (Wildman–Crippen LogP) is 4.34. The van der Waals surface area contributed by atoms with Crippen LogP contribution in [-0.4, -0.2) is 98.1 Å². The number of ketones is 1. The number of carbonyl (C=O) groups excluding carboxylic acids is 5. The highest BCUT2D eigenvalue weighted by atomic mass is 32.2. The van der Waals surface area contributed by atoms with Crippen LogP contribution in [0.4, 0.5) is 0 Å². The average Bonchev–Trinajstić information content (AvgIpc) is 3.67. The molecule has 4 aliphatic carbocycles. The van der Waals surface area contributed by atoms with Crippen molar-refractivity contribution in [3.63, 3.8) is 0 Å². The summed E-state index contributed by atoms with van der Waals surface area (Å²) in [5.41, 5.74) is -0.0163. The van der Waals surface area contributed by atoms with Crippen LogP contribution < -0.4 is 16.0 Å². The van der Waals surface area contributed by atoms with Gasteiger partial charge in [-0.2, -0.15) is 0 Å². The number of rotatable bonds is 18. The largest absolute Gasteiger partial charge is 0.346 e. The second kappa shape index (κ2) is 17.6. The molecule has 0 radical (unpaired) electrons. The summed E-state index contributed by atoms with van der Waals surface area (Å²) in [6.45, 7) is 10.8. The van der Waals surface area contributed by atoms with E-state index in [1.54, 1.807) is 11.9 Å². The number of nitrogens with one attached hydrogen (secondary N) is 3. The molecule has 3 N–H and O–H groups in total. The Hall–Kier alpha value is -2.80. The first-order chi connectivity index (χ1) is 25.4. The lowest BCUT2D eigenvalue weighted by Gasteiger charge is -2.36. The number of Topliss-reactive ketones (excluding diaryl/α,β-unsaturated/α-hetero) is 1. The fraction of sp³-hybridized carbons (Fsp3) is 0.829. The van der Waals surface area contributed by atoms with Gasteiger partial charge in [0.25, 0.3) is 5.91 Å². The third-order valence-corrected chi connectivity index (χ3v) is 15.1. The van der Waals surface area contributed by atoms with Gasteiger partial charge in [-0.25, -0.2) is 12.7 Å². The van der Waals surface area contributed by atoms with Gasteiger partial charge >= 0.3 is 0 Å². The summed E-state index contributed by atoms with van der Waals surface area (Å²) in [4.78, 5) is 71.1. The first kappa shape index (κ1) is 42.3. The SMILES string of the molecule is C=CCNC(=O)C(=O)C(CC1CCC1)NC(=O)[C@@H]1[C@H]2CCC3(CC3)[C@H]2CN1C(=O)[C@@H](NC(=O)CCC[C@H](CN(C)S(C)(=O)=O)C(C)(C)C)C1CCCCC1. The average molecular weight is 774 g/mol. The molecule has 0 bridgehead atoms. The Balaban J connectivity index is 1.33. The molecule has 5 fully saturated rings. The summed E-state index contributed by atoms with van der Waals surface area (Å²) < 4.78 is 25.7. The molecule has 12 nitrogen and oxygen atoms in total. The van der Waals surface area contributed by atoms with Crippen LogP contribution in [0, 0.1) is 40.4 Å². The van der Waals surface area contributed by atoms with E-state index in [4.69, 9.17) is 0 Å². The molecule has 0 aromatic heterocycles. The van der Waals surface area contributed by atoms with E-state index in [1.165, 1.54) is 16.6 Å². The van der Waals surface area contributed by atoms with Crippen molar-refractivity contribution >= 4 is 39.4 Å². The highest BCUT2D eigenvalue weighted by Gasteiger charge is 2.64. The number of likely N-dealkylation sites (tertiary alicyclic amines) is 1. The van der Waals surface area contributed by atoms with Crippen molar-refractivity contribution in [3.8, 4) is 0 Å². The van der Waals surface area contributed by atoms with Gasteiger partial charge in [0.15, 0.2) is 0 Å². The minimum absolute atomic E-state index is 0.0342. The predicted molar refractivity (Wildman–Crippen MR) is 208 cm³/mol. The summed E-state index contributed by atoms with van der Waals surface area (Å²) in [6, 6.07) is -2.49. The lowest BCUT2D eigenvalue weighted by atomic mass is 9.77. The third-order valence-electron chi connectivity index (χ3n) is 13.8. The lowest BCUT2D eigenvalue weighted by Crippen LogP contribution is -2.59. The van der Waals surface area contributed by atoms with Gasteiger partial charge in [-0.15, -0.1) is 6.58 Å². The van der Waals surface area contributed by atoms with Gasteiger partial charge in [0.05, 0.1) is 12.3 Å². The van der Waals surface area contributed by atoms with Gasteiger partial charge in [0, 0.05) is 33.1 Å². The molecule has 1 aliphatic heterocycles. The van der Waals surface area contributed by atoms with Crippen molar-refractivity contribution in [2.75, 3.05) is 32.9 Å². The van der Waals surface area contributed by atoms with Crippen molar-refractivity contribution in [2.24, 2.45) is 40.4 Å². The molecule has 1 heterocycles. The van der Waals surface area contributed by atoms with Gasteiger partial charge in [-0.05, 0) is 98.2 Å². The zero-order chi connectivity index (χ0) is 39.4. The fourth-order valence-corrected chi connectivity index (χ4v) is 10.3. The van der Waals surface area contributed by atoms with E-state index in [9.17, 15) is 32.4 Å². The molecule has 304 valence electrons. The number of hydrogen-bond acceptors (Lipinski definition) is 7. The second-order valence-corrected chi connectivity index (χ2v) is 20.6. The molecule has 1 spiro atoms. The molecule has 13 heteroatoms. The quantitative estimate of drug-likeness (QED) is 0.138. The fourth-order valence-electron chi connectivity index (χ4n) is 9.89. The monoisotopic (exact) mass is 773 g/mol. The van der Waals surface area contributed by atoms with E-state index in [1.807, 2.05) is 0 Å². The molecular formula is C41H67N5O7S. The van der Waals surface area contributed by atoms with Crippen molar-refractivity contribution in [3.05, 3.63) is 12.7 Å². The number of carbonyl (C=O) groups is 5. The summed E-state index contributed by atoms with van der Waals surface area (Å²) in [5, 5.41) is 8.72. The first-order valence-electron chi connectivity index (χ1n) is 20.7. The molecule has 5 aliphatic rings. The van der Waals surface area contributed by atoms with Crippen molar-refractivity contribution in [1.29, 1.82) is 0 Å². The number of amides is 4. The Morgan fingerprint density at radius 1 is 0.963 bits per heavy atom. The summed E-state index contributed by atoms with van der Waals surface area (Å²) in [5.74, 6) is -1.80. The molecular weight excluding hydrogens is 707 g/mol. The van der Waals surface area contributed by atoms with Crippen LogP contribution in [-0.2, 0) is 34.0 Å². The summed E-state index contributed by atoms with van der Waals surface area (Å²) >= 11 is 0. The zero-order valence-corrected chi connectivity index (χ0v) is 34.3. The Morgan fingerprint density at radius 2 is 1.65 bits per heavy atom. The van der Waals surface area contributed by atoms with E-state index in [0.29, 0.717) is 32.4 Å². The topological polar surface area (TPSA) is 162 Å². The van der Waals surface area contributed by atoms with Crippen molar-refractivity contribution in [1.82, 2.24) is 25.2 Å². The third kappa shape index (κ3) is 10.1. The lowest BCUT2D eigenvalue weighted by molar-refractivity contribution is -0.145. The number of fused-ring (bicyclic) bond motifs is 2. The van der Waals surface area contributed by atoms with Crippen LogP contribution in [0.2, 0.25) is 0 Å². The molecule has 0 aromatic rings. The van der Waals surface area contributed by atoms with Crippen LogP contribution in [0.3, 0.4) is 0 Å². The number of nitrogens with zero attached hydrogens (tertiary/aromatic N) is 2. The summed E-state index contributed by atoms with van der Waals surface area (Å²) in [7, 11) is -1.76. The van der Waals surface area contributed by atoms with Crippen LogP contribution in [0.25, 0.3) is 0 Å². The molecule has 1 unspecified atom stereocenters. The molecule has 4 saturated carbocycles. The standard InChI is InChI=1S/C41H67N5O7S/c1-7-23-42-38(50)36(48)32(24-27-13-11-14-27)43-37(49)35-30-19-20-41(21-22-41)31(30)26-46(35)39(51)34(28-15-9-8-10-16-28)44-33(47)18-12-17-29(40(2,3)4)25-45(5)54(6,52)53/h7,27-32,34-35H,1,8-26H2,2-6H3,(H,42,50)(H,43,49)(H,44,47)/t29-,30+,31+,32?,34+,35+/m1/s1. The Morgan fingerprint density at radius 3 is 2.22 bits per heavy atom. The second-order valence-electron chi connectivity index (χ2n) is 18.5. The molecule has 1 saturated heterocycles. The van der Waals surface area contributed by atoms with Crippen molar-refractivity contribution in [2.45, 2.75) is 142 Å². The van der Waals surface area contributed by atoms with E-state index >= 15 is 0 Å². The molecule has 5 rings (SSSR count). The highest BCUT2D eigenvalue weighted by molar-refractivity contribution is 7.88. The van der Waals surface area contributed by atoms with E-state index in [0.717, 1.165) is 77.0 Å². The van der Waals surface area contributed by atoms with Gasteiger partial charge < -0.3 is 20.9 Å². The van der Waals surface area contributed by atoms with Gasteiger partial charge in [0.1, 0.15) is 12.1 Å². The first-order valence-corrected chi connectivity index (χ1v) is 22.5. The maximum absolute atomic E-state index is 14.9. The minimum atomic E-state index is -3.34. The molecule has 0 aromatic carbocycles. The number of hydrogen-bond donors (Lipinski definition) is 3. The van der Waals surface area contributed by atoms with Crippen LogP contribution in [0.15, 0.2) is 12.7 Å². The van der Waals surface area contributed by atoms with E-state index in [2.05, 4.69) is 43.3 Å². The molecule has 6 atom stereocenters. The Bertz CT molecular complexity index is 1510. The van der Waals surface area contributed by atoms with Gasteiger partial charge in [-0.1, -0.05) is 65.4 Å². The minimum Gasteiger partial charge on any atom is -0.346 e. The van der Waals surface area contributed by atoms with Crippen LogP contribution in [0.1, 0.15) is 124 Å². The number of sulfonamides is 1. The Kier molecular flexibility index (Phi) is 13.8. The van der Waals surface area contributed by atoms with Crippen LogP contribution in [0.5, 0.6) is 0 Å². The van der Waals surface area contributed by atoms with E-state index in [-0.39, 0.29) is 71.1 Å². The molecule has 4 amide bonds. The van der Waals surface area contributed by atoms with Gasteiger partial charge in [-0.3, -0.25) is 24.0 Å². The summed E-state index contributed by atoms with van der Waals surface area (Å²) in [6.07, 6.45) is 16.2. The maximum Gasteiger partial charge on any atom is 0.289 e. The van der Waals surface area contributed by atoms with Crippen molar-refractivity contribution < 1.29 is 32.4 Å². The maximum atomic E-state index is 14.9. The van der Waals surface area contributed by atoms with E-state index < -0.39 is 39.8 Å². The van der Waals surface area contributed by atoms with Crippen LogP contribution >= 0.6 is 0 Å².